The minimum Gasteiger partial charge on any atom is -0.492 e. The van der Waals surface area contributed by atoms with Gasteiger partial charge in [-0.25, -0.2) is 4.79 Å². The Kier molecular flexibility index (Phi) is 5.21. The van der Waals surface area contributed by atoms with Gasteiger partial charge in [-0.05, 0) is 42.3 Å². The minimum atomic E-state index is -0.949. The number of rotatable bonds is 7. The molecule has 0 radical (unpaired) electrons. The fourth-order valence-corrected chi connectivity index (χ4v) is 1.98. The summed E-state index contributed by atoms with van der Waals surface area (Å²) < 4.78 is 5.55. The molecule has 0 aliphatic rings. The molecule has 21 heavy (non-hydrogen) atoms. The summed E-state index contributed by atoms with van der Waals surface area (Å²) in [5, 5.41) is 12.2. The van der Waals surface area contributed by atoms with E-state index in [1.165, 1.54) is 11.6 Å². The second-order valence-corrected chi connectivity index (χ2v) is 4.66. The standard InChI is InChI=1S/C17H19NO3/c1-2-13-5-3-7-15(11-13)18-9-10-21-16-8-4-6-14(12-16)17(19)20/h3-8,11-12,18H,2,9-10H2,1H3,(H,19,20). The lowest BCUT2D eigenvalue weighted by molar-refractivity contribution is 0.0696. The largest absolute Gasteiger partial charge is 0.492 e. The predicted octanol–water partition coefficient (Wildman–Crippen LogP) is 3.44. The number of aryl methyl sites for hydroxylation is 1. The second-order valence-electron chi connectivity index (χ2n) is 4.66. The molecule has 0 spiro atoms. The number of carbonyl (C=O) groups is 1. The first kappa shape index (κ1) is 14.9. The summed E-state index contributed by atoms with van der Waals surface area (Å²) in [7, 11) is 0. The van der Waals surface area contributed by atoms with Crippen molar-refractivity contribution in [2.75, 3.05) is 18.5 Å². The van der Waals surface area contributed by atoms with Gasteiger partial charge in [-0.2, -0.15) is 0 Å². The minimum absolute atomic E-state index is 0.233. The van der Waals surface area contributed by atoms with E-state index in [1.54, 1.807) is 18.2 Å². The first-order chi connectivity index (χ1) is 10.2. The number of aromatic carboxylic acids is 1. The van der Waals surface area contributed by atoms with E-state index in [9.17, 15) is 4.79 Å². The van der Waals surface area contributed by atoms with Gasteiger partial charge in [0.1, 0.15) is 12.4 Å². The highest BCUT2D eigenvalue weighted by molar-refractivity contribution is 5.87. The van der Waals surface area contributed by atoms with Gasteiger partial charge in [-0.15, -0.1) is 0 Å². The van der Waals surface area contributed by atoms with Crippen molar-refractivity contribution in [2.45, 2.75) is 13.3 Å². The van der Waals surface area contributed by atoms with Gasteiger partial charge in [0.15, 0.2) is 0 Å². The van der Waals surface area contributed by atoms with Crippen LogP contribution >= 0.6 is 0 Å². The topological polar surface area (TPSA) is 58.6 Å². The molecule has 0 fully saturated rings. The molecule has 0 aliphatic heterocycles. The third kappa shape index (κ3) is 4.53. The molecule has 4 nitrogen and oxygen atoms in total. The summed E-state index contributed by atoms with van der Waals surface area (Å²) >= 11 is 0. The van der Waals surface area contributed by atoms with Gasteiger partial charge in [0.25, 0.3) is 0 Å². The fourth-order valence-electron chi connectivity index (χ4n) is 1.98. The first-order valence-electron chi connectivity index (χ1n) is 6.98. The van der Waals surface area contributed by atoms with Crippen LogP contribution in [0.15, 0.2) is 48.5 Å². The highest BCUT2D eigenvalue weighted by Gasteiger charge is 2.03. The summed E-state index contributed by atoms with van der Waals surface area (Å²) in [4.78, 5) is 10.9. The normalized spacial score (nSPS) is 10.1. The highest BCUT2D eigenvalue weighted by atomic mass is 16.5. The Morgan fingerprint density at radius 1 is 1.19 bits per heavy atom. The number of carboxylic acids is 1. The average molecular weight is 285 g/mol. The van der Waals surface area contributed by atoms with Gasteiger partial charge < -0.3 is 15.2 Å². The molecule has 0 atom stereocenters. The summed E-state index contributed by atoms with van der Waals surface area (Å²) in [6.07, 6.45) is 1.01. The average Bonchev–Trinajstić information content (AvgIpc) is 2.52. The van der Waals surface area contributed by atoms with E-state index in [0.717, 1.165) is 12.1 Å². The second kappa shape index (κ2) is 7.33. The van der Waals surface area contributed by atoms with Crippen molar-refractivity contribution in [1.29, 1.82) is 0 Å². The first-order valence-corrected chi connectivity index (χ1v) is 6.98. The Morgan fingerprint density at radius 3 is 2.76 bits per heavy atom. The van der Waals surface area contributed by atoms with E-state index in [0.29, 0.717) is 18.9 Å². The zero-order valence-electron chi connectivity index (χ0n) is 12.0. The Balaban J connectivity index is 1.81. The van der Waals surface area contributed by atoms with Gasteiger partial charge in [0.2, 0.25) is 0 Å². The third-order valence-electron chi connectivity index (χ3n) is 3.12. The van der Waals surface area contributed by atoms with E-state index in [2.05, 4.69) is 24.4 Å². The molecule has 0 unspecified atom stereocenters. The zero-order chi connectivity index (χ0) is 15.1. The van der Waals surface area contributed by atoms with Crippen molar-refractivity contribution in [3.63, 3.8) is 0 Å². The predicted molar refractivity (Wildman–Crippen MR) is 83.2 cm³/mol. The summed E-state index contributed by atoms with van der Waals surface area (Å²) in [6, 6.07) is 14.8. The van der Waals surface area contributed by atoms with Crippen molar-refractivity contribution in [1.82, 2.24) is 0 Å². The lowest BCUT2D eigenvalue weighted by Gasteiger charge is -2.10. The summed E-state index contributed by atoms with van der Waals surface area (Å²) in [5.41, 5.74) is 2.59. The molecule has 0 saturated carbocycles. The van der Waals surface area contributed by atoms with Crippen LogP contribution in [0.3, 0.4) is 0 Å². The maximum Gasteiger partial charge on any atom is 0.335 e. The number of ether oxygens (including phenoxy) is 1. The molecule has 4 heteroatoms. The number of benzene rings is 2. The molecule has 2 aromatic carbocycles. The monoisotopic (exact) mass is 285 g/mol. The van der Waals surface area contributed by atoms with Gasteiger partial charge in [0, 0.05) is 12.2 Å². The van der Waals surface area contributed by atoms with Crippen LogP contribution in [0, 0.1) is 0 Å². The van der Waals surface area contributed by atoms with E-state index >= 15 is 0 Å². The molecule has 0 saturated heterocycles. The van der Waals surface area contributed by atoms with Crippen LogP contribution in [-0.2, 0) is 6.42 Å². The SMILES string of the molecule is CCc1cccc(NCCOc2cccc(C(=O)O)c2)c1. The van der Waals surface area contributed by atoms with Crippen molar-refractivity contribution >= 4 is 11.7 Å². The van der Waals surface area contributed by atoms with E-state index in [4.69, 9.17) is 9.84 Å². The van der Waals surface area contributed by atoms with Crippen molar-refractivity contribution in [3.8, 4) is 5.75 Å². The number of carboxylic acid groups (broad SMARTS) is 1. The molecular weight excluding hydrogens is 266 g/mol. The van der Waals surface area contributed by atoms with Gasteiger partial charge >= 0.3 is 5.97 Å². The molecule has 0 aromatic heterocycles. The molecule has 0 amide bonds. The lowest BCUT2D eigenvalue weighted by Crippen LogP contribution is -2.11. The van der Waals surface area contributed by atoms with E-state index in [1.807, 2.05) is 12.1 Å². The van der Waals surface area contributed by atoms with Crippen LogP contribution in [-0.4, -0.2) is 24.2 Å². The highest BCUT2D eigenvalue weighted by Crippen LogP contribution is 2.14. The van der Waals surface area contributed by atoms with Crippen molar-refractivity contribution in [3.05, 3.63) is 59.7 Å². The molecule has 2 aromatic rings. The van der Waals surface area contributed by atoms with Crippen LogP contribution in [0.25, 0.3) is 0 Å². The van der Waals surface area contributed by atoms with Crippen molar-refractivity contribution in [2.24, 2.45) is 0 Å². The fraction of sp³-hybridized carbons (Fsp3) is 0.235. The number of anilines is 1. The maximum absolute atomic E-state index is 10.9. The molecule has 110 valence electrons. The Morgan fingerprint density at radius 2 is 2.00 bits per heavy atom. The Labute approximate surface area is 124 Å². The van der Waals surface area contributed by atoms with E-state index < -0.39 is 5.97 Å². The molecule has 0 heterocycles. The summed E-state index contributed by atoms with van der Waals surface area (Å²) in [6.45, 7) is 3.25. The van der Waals surface area contributed by atoms with Crippen LogP contribution in [0.1, 0.15) is 22.8 Å². The smallest absolute Gasteiger partial charge is 0.335 e. The molecule has 0 bridgehead atoms. The van der Waals surface area contributed by atoms with E-state index in [-0.39, 0.29) is 5.56 Å². The molecular formula is C17H19NO3. The van der Waals surface area contributed by atoms with Crippen LogP contribution in [0.2, 0.25) is 0 Å². The van der Waals surface area contributed by atoms with Gasteiger partial charge in [-0.1, -0.05) is 25.1 Å². The quantitative estimate of drug-likeness (QED) is 0.765. The maximum atomic E-state index is 10.9. The number of nitrogens with one attached hydrogen (secondary N) is 1. The van der Waals surface area contributed by atoms with Gasteiger partial charge in [0.05, 0.1) is 5.56 Å². The zero-order valence-corrected chi connectivity index (χ0v) is 12.0. The van der Waals surface area contributed by atoms with Crippen LogP contribution < -0.4 is 10.1 Å². The number of hydrogen-bond acceptors (Lipinski definition) is 3. The van der Waals surface area contributed by atoms with Gasteiger partial charge in [-0.3, -0.25) is 0 Å². The Hall–Kier alpha value is -2.49. The molecule has 0 aliphatic carbocycles. The third-order valence-corrected chi connectivity index (χ3v) is 3.12. The summed E-state index contributed by atoms with van der Waals surface area (Å²) in [5.74, 6) is -0.381. The van der Waals surface area contributed by atoms with Crippen LogP contribution in [0.4, 0.5) is 5.69 Å². The van der Waals surface area contributed by atoms with Crippen molar-refractivity contribution < 1.29 is 14.6 Å². The van der Waals surface area contributed by atoms with Crippen LogP contribution in [0.5, 0.6) is 5.75 Å². The number of hydrogen-bond donors (Lipinski definition) is 2. The molecule has 2 rings (SSSR count). The lowest BCUT2D eigenvalue weighted by atomic mass is 10.1. The molecule has 2 N–H and O–H groups in total. The Bertz CT molecular complexity index is 610.